The van der Waals surface area contributed by atoms with Gasteiger partial charge in [0.05, 0.1) is 10.4 Å². The largest absolute Gasteiger partial charge is 0.369 e. The highest BCUT2D eigenvalue weighted by Crippen LogP contribution is 2.29. The lowest BCUT2D eigenvalue weighted by Gasteiger charge is -2.16. The van der Waals surface area contributed by atoms with E-state index in [1.54, 1.807) is 6.20 Å². The normalized spacial score (nSPS) is 19.8. The number of carbonyl (C=O) groups excluding carboxylic acids is 2. The minimum absolute atomic E-state index is 0.120. The van der Waals surface area contributed by atoms with Gasteiger partial charge in [-0.25, -0.2) is 4.98 Å². The van der Waals surface area contributed by atoms with E-state index in [9.17, 15) is 9.59 Å². The first-order chi connectivity index (χ1) is 7.99. The highest BCUT2D eigenvalue weighted by Gasteiger charge is 2.35. The van der Waals surface area contributed by atoms with Crippen LogP contribution in [-0.2, 0) is 9.59 Å². The average molecular weight is 298 g/mol. The predicted molar refractivity (Wildman–Crippen MR) is 66.3 cm³/mol. The molecule has 17 heavy (non-hydrogen) atoms. The van der Waals surface area contributed by atoms with Crippen LogP contribution in [0, 0.1) is 12.8 Å². The molecule has 0 spiro atoms. The van der Waals surface area contributed by atoms with Crippen molar-refractivity contribution in [2.75, 3.05) is 11.4 Å². The van der Waals surface area contributed by atoms with E-state index in [0.29, 0.717) is 12.4 Å². The minimum atomic E-state index is -0.441. The Morgan fingerprint density at radius 1 is 1.65 bits per heavy atom. The van der Waals surface area contributed by atoms with Gasteiger partial charge in [0.15, 0.2) is 0 Å². The first kappa shape index (κ1) is 12.0. The molecule has 2 heterocycles. The SMILES string of the molecule is Cc1cnc(N2CC(C(N)=O)CC2=O)c(Br)c1. The van der Waals surface area contributed by atoms with Crippen molar-refractivity contribution in [1.82, 2.24) is 4.98 Å². The summed E-state index contributed by atoms with van der Waals surface area (Å²) >= 11 is 3.37. The second-order valence-electron chi connectivity index (χ2n) is 4.13. The molecule has 1 atom stereocenters. The van der Waals surface area contributed by atoms with E-state index < -0.39 is 11.8 Å². The molecular formula is C11H12BrN3O2. The van der Waals surface area contributed by atoms with Crippen LogP contribution >= 0.6 is 15.9 Å². The Morgan fingerprint density at radius 3 is 2.88 bits per heavy atom. The molecule has 90 valence electrons. The number of aromatic nitrogens is 1. The molecule has 1 aromatic rings. The molecule has 1 aliphatic heterocycles. The highest BCUT2D eigenvalue weighted by atomic mass is 79.9. The Balaban J connectivity index is 2.29. The van der Waals surface area contributed by atoms with E-state index in [4.69, 9.17) is 5.73 Å². The van der Waals surface area contributed by atoms with E-state index in [0.717, 1.165) is 10.0 Å². The molecule has 5 nitrogen and oxygen atoms in total. The number of nitrogens with zero attached hydrogens (tertiary/aromatic N) is 2. The summed E-state index contributed by atoms with van der Waals surface area (Å²) < 4.78 is 0.746. The van der Waals surface area contributed by atoms with Crippen LogP contribution in [0.2, 0.25) is 0 Å². The fourth-order valence-electron chi connectivity index (χ4n) is 1.83. The van der Waals surface area contributed by atoms with Crippen LogP contribution in [0.1, 0.15) is 12.0 Å². The quantitative estimate of drug-likeness (QED) is 0.884. The number of amides is 2. The summed E-state index contributed by atoms with van der Waals surface area (Å²) in [6.45, 7) is 2.22. The summed E-state index contributed by atoms with van der Waals surface area (Å²) in [5.41, 5.74) is 6.21. The van der Waals surface area contributed by atoms with Crippen LogP contribution in [0.15, 0.2) is 16.7 Å². The number of anilines is 1. The molecule has 0 aliphatic carbocycles. The third-order valence-electron chi connectivity index (χ3n) is 2.74. The van der Waals surface area contributed by atoms with Crippen molar-refractivity contribution in [3.05, 3.63) is 22.3 Å². The van der Waals surface area contributed by atoms with Gasteiger partial charge in [0.1, 0.15) is 5.82 Å². The molecular weight excluding hydrogens is 286 g/mol. The van der Waals surface area contributed by atoms with E-state index >= 15 is 0 Å². The molecule has 0 saturated carbocycles. The third kappa shape index (κ3) is 2.31. The Hall–Kier alpha value is -1.43. The van der Waals surface area contributed by atoms with Gasteiger partial charge >= 0.3 is 0 Å². The summed E-state index contributed by atoms with van der Waals surface area (Å²) in [5.74, 6) is -0.434. The lowest BCUT2D eigenvalue weighted by Crippen LogP contribution is -2.29. The first-order valence-corrected chi connectivity index (χ1v) is 6.00. The van der Waals surface area contributed by atoms with Crippen molar-refractivity contribution in [2.45, 2.75) is 13.3 Å². The first-order valence-electron chi connectivity index (χ1n) is 5.21. The van der Waals surface area contributed by atoms with Gasteiger partial charge in [-0.05, 0) is 34.5 Å². The molecule has 0 aromatic carbocycles. The molecule has 1 aromatic heterocycles. The summed E-state index contributed by atoms with van der Waals surface area (Å²) in [6.07, 6.45) is 1.85. The molecule has 1 saturated heterocycles. The lowest BCUT2D eigenvalue weighted by atomic mass is 10.1. The van der Waals surface area contributed by atoms with Gasteiger partial charge in [-0.3, -0.25) is 14.5 Å². The number of hydrogen-bond donors (Lipinski definition) is 1. The second-order valence-corrected chi connectivity index (χ2v) is 4.98. The standard InChI is InChI=1S/C11H12BrN3O2/c1-6-2-8(12)11(14-4-6)15-5-7(10(13)17)3-9(15)16/h2,4,7H,3,5H2,1H3,(H2,13,17). The van der Waals surface area contributed by atoms with Crippen LogP contribution in [0.4, 0.5) is 5.82 Å². The zero-order valence-electron chi connectivity index (χ0n) is 9.31. The molecule has 2 amide bonds. The van der Waals surface area contributed by atoms with Gasteiger partial charge in [-0.1, -0.05) is 0 Å². The number of hydrogen-bond acceptors (Lipinski definition) is 3. The molecule has 6 heteroatoms. The number of aryl methyl sites for hydroxylation is 1. The van der Waals surface area contributed by atoms with Crippen molar-refractivity contribution in [3.8, 4) is 0 Å². The zero-order valence-corrected chi connectivity index (χ0v) is 10.9. The third-order valence-corrected chi connectivity index (χ3v) is 3.33. The number of primary amides is 1. The summed E-state index contributed by atoms with van der Waals surface area (Å²) in [6, 6.07) is 1.88. The number of rotatable bonds is 2. The number of carbonyl (C=O) groups is 2. The predicted octanol–water partition coefficient (Wildman–Crippen LogP) is 0.991. The van der Waals surface area contributed by atoms with Crippen LogP contribution in [0.5, 0.6) is 0 Å². The summed E-state index contributed by atoms with van der Waals surface area (Å²) in [7, 11) is 0. The van der Waals surface area contributed by atoms with Crippen LogP contribution in [-0.4, -0.2) is 23.3 Å². The zero-order chi connectivity index (χ0) is 12.6. The van der Waals surface area contributed by atoms with Crippen molar-refractivity contribution in [1.29, 1.82) is 0 Å². The molecule has 2 rings (SSSR count). The topological polar surface area (TPSA) is 76.3 Å². The molecule has 0 bridgehead atoms. The van der Waals surface area contributed by atoms with Crippen LogP contribution in [0.3, 0.4) is 0 Å². The summed E-state index contributed by atoms with van der Waals surface area (Å²) in [5, 5.41) is 0. The smallest absolute Gasteiger partial charge is 0.229 e. The van der Waals surface area contributed by atoms with E-state index in [1.807, 2.05) is 13.0 Å². The fourth-order valence-corrected chi connectivity index (χ4v) is 2.51. The number of halogens is 1. The van der Waals surface area contributed by atoms with Gasteiger partial charge in [0, 0.05) is 19.2 Å². The maximum absolute atomic E-state index is 11.8. The fraction of sp³-hybridized carbons (Fsp3) is 0.364. The van der Waals surface area contributed by atoms with E-state index in [-0.39, 0.29) is 12.3 Å². The lowest BCUT2D eigenvalue weighted by molar-refractivity contribution is -0.123. The van der Waals surface area contributed by atoms with E-state index in [2.05, 4.69) is 20.9 Å². The number of nitrogens with two attached hydrogens (primary N) is 1. The Labute approximate surface area is 107 Å². The van der Waals surface area contributed by atoms with Gasteiger partial charge in [-0.2, -0.15) is 0 Å². The van der Waals surface area contributed by atoms with Crippen molar-refractivity contribution in [3.63, 3.8) is 0 Å². The maximum atomic E-state index is 11.8. The molecule has 1 aliphatic rings. The van der Waals surface area contributed by atoms with Gasteiger partial charge in [-0.15, -0.1) is 0 Å². The molecule has 1 unspecified atom stereocenters. The van der Waals surface area contributed by atoms with Crippen molar-refractivity contribution in [2.24, 2.45) is 11.7 Å². The molecule has 0 radical (unpaired) electrons. The van der Waals surface area contributed by atoms with Gasteiger partial charge in [0.2, 0.25) is 11.8 Å². The molecule has 2 N–H and O–H groups in total. The second kappa shape index (κ2) is 4.44. The number of pyridine rings is 1. The Kier molecular flexibility index (Phi) is 3.15. The van der Waals surface area contributed by atoms with Gasteiger partial charge < -0.3 is 5.73 Å². The van der Waals surface area contributed by atoms with E-state index in [1.165, 1.54) is 4.90 Å². The Morgan fingerprint density at radius 2 is 2.35 bits per heavy atom. The molecule has 1 fully saturated rings. The Bertz CT molecular complexity index is 490. The average Bonchev–Trinajstić information content (AvgIpc) is 2.61. The summed E-state index contributed by atoms with van der Waals surface area (Å²) in [4.78, 5) is 28.6. The monoisotopic (exact) mass is 297 g/mol. The minimum Gasteiger partial charge on any atom is -0.369 e. The van der Waals surface area contributed by atoms with Crippen LogP contribution in [0.25, 0.3) is 0 Å². The maximum Gasteiger partial charge on any atom is 0.229 e. The van der Waals surface area contributed by atoms with Crippen LogP contribution < -0.4 is 10.6 Å². The highest BCUT2D eigenvalue weighted by molar-refractivity contribution is 9.10. The van der Waals surface area contributed by atoms with Crippen molar-refractivity contribution >= 4 is 33.6 Å². The van der Waals surface area contributed by atoms with Gasteiger partial charge in [0.25, 0.3) is 0 Å². The van der Waals surface area contributed by atoms with Crippen molar-refractivity contribution < 1.29 is 9.59 Å².